The van der Waals surface area contributed by atoms with Gasteiger partial charge >= 0.3 is 0 Å². The van der Waals surface area contributed by atoms with Crippen LogP contribution in [0, 0.1) is 0 Å². The highest BCUT2D eigenvalue weighted by atomic mass is 31.1. The second kappa shape index (κ2) is 12.5. The van der Waals surface area contributed by atoms with Crippen molar-refractivity contribution in [1.29, 1.82) is 0 Å². The van der Waals surface area contributed by atoms with Crippen molar-refractivity contribution >= 4 is 38.0 Å². The number of aliphatic imine (C=N–C) groups is 1. The summed E-state index contributed by atoms with van der Waals surface area (Å²) < 4.78 is 0. The highest BCUT2D eigenvalue weighted by Gasteiger charge is 2.34. The monoisotopic (exact) mass is 538 g/mol. The minimum Gasteiger partial charge on any atom is -0.286 e. The molecule has 1 aromatic heterocycles. The quantitative estimate of drug-likeness (QED) is 0.165. The van der Waals surface area contributed by atoms with Gasteiger partial charge < -0.3 is 0 Å². The van der Waals surface area contributed by atoms with E-state index in [1.54, 1.807) is 0 Å². The first kappa shape index (κ1) is 28.4. The van der Waals surface area contributed by atoms with Crippen molar-refractivity contribution in [1.82, 2.24) is 4.98 Å². The number of aromatic nitrogens is 1. The molecule has 196 valence electrons. The Hall–Kier alpha value is -2.66. The first-order valence-electron chi connectivity index (χ1n) is 13.3. The van der Waals surface area contributed by atoms with Gasteiger partial charge in [-0.3, -0.25) is 9.98 Å². The smallest absolute Gasteiger partial charge is 0.0811 e. The molecule has 0 aliphatic heterocycles. The molecule has 0 saturated heterocycles. The van der Waals surface area contributed by atoms with E-state index in [1.165, 1.54) is 27.2 Å². The van der Waals surface area contributed by atoms with E-state index < -0.39 is 7.92 Å². The van der Waals surface area contributed by atoms with Crippen molar-refractivity contribution in [3.63, 3.8) is 0 Å². The lowest BCUT2D eigenvalue weighted by Gasteiger charge is -2.41. The van der Waals surface area contributed by atoms with Crippen LogP contribution in [0.2, 0.25) is 0 Å². The molecule has 0 spiro atoms. The van der Waals surface area contributed by atoms with Crippen molar-refractivity contribution in [2.45, 2.75) is 64.6 Å². The SMILES string of the molecule is CC(C)(C)P(Cc1cccc(/C=N/Cc2ccccc2P(c2ccccc2)c2ccccc2)n1)C(C)(C)C. The van der Waals surface area contributed by atoms with E-state index >= 15 is 0 Å². The van der Waals surface area contributed by atoms with Crippen molar-refractivity contribution in [3.8, 4) is 0 Å². The van der Waals surface area contributed by atoms with Gasteiger partial charge in [0.05, 0.1) is 12.2 Å². The molecule has 2 nitrogen and oxygen atoms in total. The van der Waals surface area contributed by atoms with Gasteiger partial charge in [-0.25, -0.2) is 0 Å². The molecule has 0 aliphatic carbocycles. The molecular weight excluding hydrogens is 498 g/mol. The zero-order valence-corrected chi connectivity index (χ0v) is 25.4. The molecule has 0 aliphatic rings. The van der Waals surface area contributed by atoms with Crippen molar-refractivity contribution in [3.05, 3.63) is 120 Å². The maximum absolute atomic E-state index is 4.99. The summed E-state index contributed by atoms with van der Waals surface area (Å²) in [5.74, 6) is 0. The molecule has 0 bridgehead atoms. The molecule has 0 atom stereocenters. The zero-order valence-electron chi connectivity index (χ0n) is 23.6. The first-order chi connectivity index (χ1) is 18.1. The molecule has 1 heterocycles. The summed E-state index contributed by atoms with van der Waals surface area (Å²) in [5.41, 5.74) is 3.37. The van der Waals surface area contributed by atoms with Gasteiger partial charge in [-0.15, -0.1) is 0 Å². The van der Waals surface area contributed by atoms with E-state index in [1.807, 2.05) is 6.21 Å². The number of pyridine rings is 1. The first-order valence-corrected chi connectivity index (χ1v) is 16.2. The van der Waals surface area contributed by atoms with Gasteiger partial charge in [-0.05, 0) is 51.8 Å². The second-order valence-electron chi connectivity index (χ2n) is 11.6. The van der Waals surface area contributed by atoms with Crippen LogP contribution in [0.15, 0.2) is 108 Å². The molecule has 0 radical (unpaired) electrons. The summed E-state index contributed by atoms with van der Waals surface area (Å²) >= 11 is 0. The lowest BCUT2D eigenvalue weighted by molar-refractivity contribution is 0.701. The Bertz CT molecular complexity index is 1280. The lowest BCUT2D eigenvalue weighted by atomic mass is 10.2. The van der Waals surface area contributed by atoms with E-state index in [0.29, 0.717) is 6.54 Å². The van der Waals surface area contributed by atoms with E-state index in [2.05, 4.69) is 145 Å². The Kier molecular flexibility index (Phi) is 9.30. The predicted octanol–water partition coefficient (Wildman–Crippen LogP) is 8.04. The van der Waals surface area contributed by atoms with Crippen LogP contribution in [-0.2, 0) is 12.7 Å². The van der Waals surface area contributed by atoms with Crippen LogP contribution in [0.25, 0.3) is 0 Å². The molecule has 4 rings (SSSR count). The molecule has 0 fully saturated rings. The van der Waals surface area contributed by atoms with Crippen LogP contribution in [-0.4, -0.2) is 21.5 Å². The number of hydrogen-bond acceptors (Lipinski definition) is 2. The van der Waals surface area contributed by atoms with Crippen LogP contribution in [0.1, 0.15) is 58.5 Å². The third-order valence-electron chi connectivity index (χ3n) is 6.51. The van der Waals surface area contributed by atoms with E-state index in [9.17, 15) is 0 Å². The fourth-order valence-corrected chi connectivity index (χ4v) is 10.9. The number of benzene rings is 3. The average Bonchev–Trinajstić information content (AvgIpc) is 2.89. The maximum atomic E-state index is 4.99. The predicted molar refractivity (Wildman–Crippen MR) is 171 cm³/mol. The lowest BCUT2D eigenvalue weighted by Crippen LogP contribution is -2.26. The maximum Gasteiger partial charge on any atom is 0.0811 e. The highest BCUT2D eigenvalue weighted by Crippen LogP contribution is 2.61. The Balaban J connectivity index is 1.58. The number of rotatable bonds is 8. The standard InChI is InChI=1S/C34H40N2P2/c1-33(2,3)37(34(4,5)6)26-29-18-15-17-28(36-29)25-35-24-27-16-13-14-23-32(27)38(30-19-9-7-10-20-30)31-21-11-8-12-22-31/h7-23,25H,24,26H2,1-6H3/b35-25+. The number of hydrogen-bond donors (Lipinski definition) is 0. The third-order valence-corrected chi connectivity index (χ3v) is 12.9. The van der Waals surface area contributed by atoms with Crippen molar-refractivity contribution in [2.24, 2.45) is 4.99 Å². The molecule has 3 aromatic carbocycles. The van der Waals surface area contributed by atoms with E-state index in [-0.39, 0.29) is 18.2 Å². The summed E-state index contributed by atoms with van der Waals surface area (Å²) in [6.45, 7) is 14.8. The normalized spacial score (nSPS) is 12.5. The molecule has 4 heteroatoms. The van der Waals surface area contributed by atoms with Gasteiger partial charge in [-0.1, -0.05) is 140 Å². The number of nitrogens with zero attached hydrogens (tertiary/aromatic N) is 2. The van der Waals surface area contributed by atoms with Crippen molar-refractivity contribution < 1.29 is 0 Å². The third kappa shape index (κ3) is 7.47. The van der Waals surface area contributed by atoms with Crippen LogP contribution in [0.5, 0.6) is 0 Å². The van der Waals surface area contributed by atoms with Gasteiger partial charge in [0, 0.05) is 18.1 Å². The van der Waals surface area contributed by atoms with E-state index in [0.717, 1.165) is 11.9 Å². The van der Waals surface area contributed by atoms with Crippen molar-refractivity contribution in [2.75, 3.05) is 0 Å². The van der Waals surface area contributed by atoms with E-state index in [4.69, 9.17) is 9.98 Å². The Labute approximate surface area is 232 Å². The molecule has 0 N–H and O–H groups in total. The summed E-state index contributed by atoms with van der Waals surface area (Å²) in [7, 11) is -0.904. The molecule has 38 heavy (non-hydrogen) atoms. The second-order valence-corrected chi connectivity index (χ2v) is 17.6. The Morgan fingerprint density at radius 1 is 0.658 bits per heavy atom. The Morgan fingerprint density at radius 3 is 1.79 bits per heavy atom. The average molecular weight is 539 g/mol. The summed E-state index contributed by atoms with van der Waals surface area (Å²) in [6.07, 6.45) is 2.98. The fourth-order valence-electron chi connectivity index (χ4n) is 4.98. The Morgan fingerprint density at radius 2 is 1.21 bits per heavy atom. The van der Waals surface area contributed by atoms with Gasteiger partial charge in [-0.2, -0.15) is 0 Å². The zero-order chi connectivity index (χ0) is 27.2. The largest absolute Gasteiger partial charge is 0.286 e. The molecule has 0 unspecified atom stereocenters. The van der Waals surface area contributed by atoms with Gasteiger partial charge in [0.25, 0.3) is 0 Å². The van der Waals surface area contributed by atoms with Crippen LogP contribution in [0.4, 0.5) is 0 Å². The van der Waals surface area contributed by atoms with Crippen LogP contribution < -0.4 is 15.9 Å². The summed E-state index contributed by atoms with van der Waals surface area (Å²) in [4.78, 5) is 9.88. The molecule has 0 saturated carbocycles. The minimum atomic E-state index is -0.663. The fraction of sp³-hybridized carbons (Fsp3) is 0.294. The van der Waals surface area contributed by atoms with Crippen LogP contribution >= 0.6 is 15.8 Å². The highest BCUT2D eigenvalue weighted by molar-refractivity contribution is 7.79. The minimum absolute atomic E-state index is 0.241. The van der Waals surface area contributed by atoms with Crippen LogP contribution in [0.3, 0.4) is 0 Å². The summed E-state index contributed by atoms with van der Waals surface area (Å²) in [6, 6.07) is 36.9. The molecular formula is C34H40N2P2. The van der Waals surface area contributed by atoms with Gasteiger partial charge in [0.15, 0.2) is 0 Å². The molecule has 4 aromatic rings. The molecule has 0 amide bonds. The summed E-state index contributed by atoms with van der Waals surface area (Å²) in [5, 5.41) is 4.62. The van der Waals surface area contributed by atoms with Gasteiger partial charge in [0.1, 0.15) is 0 Å². The van der Waals surface area contributed by atoms with Gasteiger partial charge in [0.2, 0.25) is 0 Å². The topological polar surface area (TPSA) is 25.2 Å².